The molecule has 4 heteroatoms. The molecule has 0 aliphatic carbocycles. The van der Waals surface area contributed by atoms with Crippen LogP contribution >= 0.6 is 12.2 Å². The summed E-state index contributed by atoms with van der Waals surface area (Å²) in [6.07, 6.45) is 0. The smallest absolute Gasteiger partial charge is 0.140 e. The van der Waals surface area contributed by atoms with Gasteiger partial charge in [0.2, 0.25) is 0 Å². The Morgan fingerprint density at radius 2 is 1.74 bits per heavy atom. The number of aryl methyl sites for hydroxylation is 3. The fourth-order valence-electron chi connectivity index (χ4n) is 1.98. The highest BCUT2D eigenvalue weighted by Crippen LogP contribution is 2.25. The summed E-state index contributed by atoms with van der Waals surface area (Å²) in [7, 11) is 0. The van der Waals surface area contributed by atoms with Gasteiger partial charge < -0.3 is 11.1 Å². The third-order valence-electron chi connectivity index (χ3n) is 3.02. The first-order chi connectivity index (χ1) is 8.99. The van der Waals surface area contributed by atoms with Gasteiger partial charge in [-0.15, -0.1) is 0 Å². The van der Waals surface area contributed by atoms with E-state index in [4.69, 9.17) is 18.0 Å². The number of nitrogens with zero attached hydrogens (tertiary/aromatic N) is 1. The van der Waals surface area contributed by atoms with Gasteiger partial charge in [0.25, 0.3) is 0 Å². The highest BCUT2D eigenvalue weighted by atomic mass is 32.1. The number of thiocarbonyl (C=S) groups is 1. The molecule has 2 aromatic rings. The van der Waals surface area contributed by atoms with Crippen molar-refractivity contribution in [1.82, 2.24) is 4.98 Å². The van der Waals surface area contributed by atoms with E-state index in [9.17, 15) is 0 Å². The summed E-state index contributed by atoms with van der Waals surface area (Å²) >= 11 is 5.07. The van der Waals surface area contributed by atoms with Crippen LogP contribution in [0.25, 0.3) is 0 Å². The number of hydrogen-bond acceptors (Lipinski definition) is 3. The Morgan fingerprint density at radius 1 is 1.11 bits per heavy atom. The van der Waals surface area contributed by atoms with Crippen LogP contribution in [-0.4, -0.2) is 9.97 Å². The van der Waals surface area contributed by atoms with Crippen molar-refractivity contribution in [2.45, 2.75) is 20.8 Å². The van der Waals surface area contributed by atoms with Gasteiger partial charge in [0.15, 0.2) is 0 Å². The number of para-hydroxylation sites is 1. The van der Waals surface area contributed by atoms with E-state index in [-0.39, 0.29) is 0 Å². The second-order valence-electron chi connectivity index (χ2n) is 4.60. The van der Waals surface area contributed by atoms with Crippen molar-refractivity contribution in [3.05, 3.63) is 52.7 Å². The second kappa shape index (κ2) is 5.36. The molecule has 19 heavy (non-hydrogen) atoms. The molecule has 2 rings (SSSR count). The molecule has 0 radical (unpaired) electrons. The van der Waals surface area contributed by atoms with E-state index in [1.807, 2.05) is 25.1 Å². The molecule has 0 atom stereocenters. The molecule has 1 heterocycles. The molecular weight excluding hydrogens is 254 g/mol. The third kappa shape index (κ3) is 2.90. The van der Waals surface area contributed by atoms with Gasteiger partial charge >= 0.3 is 0 Å². The summed E-state index contributed by atoms with van der Waals surface area (Å²) in [4.78, 5) is 4.84. The van der Waals surface area contributed by atoms with Gasteiger partial charge in [0.05, 0.1) is 5.56 Å². The van der Waals surface area contributed by atoms with Crippen LogP contribution < -0.4 is 11.1 Å². The van der Waals surface area contributed by atoms with Crippen molar-refractivity contribution < 1.29 is 0 Å². The largest absolute Gasteiger partial charge is 0.389 e. The summed E-state index contributed by atoms with van der Waals surface area (Å²) < 4.78 is 0. The van der Waals surface area contributed by atoms with Crippen molar-refractivity contribution in [3.63, 3.8) is 0 Å². The van der Waals surface area contributed by atoms with Crippen LogP contribution in [0.2, 0.25) is 0 Å². The van der Waals surface area contributed by atoms with Crippen LogP contribution in [0.15, 0.2) is 30.3 Å². The number of nitrogens with two attached hydrogens (primary N) is 1. The molecule has 0 unspecified atom stereocenters. The molecule has 0 saturated heterocycles. The number of aromatic nitrogens is 1. The average molecular weight is 271 g/mol. The highest BCUT2D eigenvalue weighted by molar-refractivity contribution is 7.80. The number of hydrogen-bond donors (Lipinski definition) is 2. The Balaban J connectivity index is 2.49. The maximum Gasteiger partial charge on any atom is 0.140 e. The first-order valence-corrected chi connectivity index (χ1v) is 6.50. The SMILES string of the molecule is Cc1ccc(C(N)=S)c(Nc2c(C)cccc2C)n1. The zero-order valence-electron chi connectivity index (χ0n) is 11.3. The van der Waals surface area contributed by atoms with Crippen molar-refractivity contribution in [1.29, 1.82) is 0 Å². The second-order valence-corrected chi connectivity index (χ2v) is 5.04. The molecule has 0 bridgehead atoms. The lowest BCUT2D eigenvalue weighted by Crippen LogP contribution is -2.13. The van der Waals surface area contributed by atoms with Crippen LogP contribution in [-0.2, 0) is 0 Å². The minimum Gasteiger partial charge on any atom is -0.389 e. The fourth-order valence-corrected chi connectivity index (χ4v) is 2.15. The van der Waals surface area contributed by atoms with Crippen LogP contribution in [0.1, 0.15) is 22.4 Å². The number of rotatable bonds is 3. The maximum atomic E-state index is 5.75. The lowest BCUT2D eigenvalue weighted by molar-refractivity contribution is 1.18. The summed E-state index contributed by atoms with van der Waals surface area (Å²) in [5, 5.41) is 3.35. The zero-order valence-corrected chi connectivity index (χ0v) is 12.1. The zero-order chi connectivity index (χ0) is 14.0. The van der Waals surface area contributed by atoms with Crippen molar-refractivity contribution in [2.75, 3.05) is 5.32 Å². The van der Waals surface area contributed by atoms with Crippen LogP contribution in [0.3, 0.4) is 0 Å². The molecular formula is C15H17N3S. The van der Waals surface area contributed by atoms with E-state index < -0.39 is 0 Å². The molecule has 0 spiro atoms. The Hall–Kier alpha value is -1.94. The minimum atomic E-state index is 0.348. The van der Waals surface area contributed by atoms with Crippen molar-refractivity contribution in [3.8, 4) is 0 Å². The Morgan fingerprint density at radius 3 is 2.32 bits per heavy atom. The molecule has 1 aromatic heterocycles. The Kier molecular flexibility index (Phi) is 3.81. The van der Waals surface area contributed by atoms with Gasteiger partial charge in [-0.2, -0.15) is 0 Å². The number of benzene rings is 1. The van der Waals surface area contributed by atoms with Gasteiger partial charge in [-0.25, -0.2) is 4.98 Å². The molecule has 0 fully saturated rings. The Labute approximate surface area is 118 Å². The molecule has 0 amide bonds. The number of pyridine rings is 1. The number of anilines is 2. The maximum absolute atomic E-state index is 5.75. The topological polar surface area (TPSA) is 50.9 Å². The normalized spacial score (nSPS) is 10.3. The quantitative estimate of drug-likeness (QED) is 0.840. The summed E-state index contributed by atoms with van der Waals surface area (Å²) in [6, 6.07) is 9.97. The molecule has 0 aliphatic rings. The number of nitrogens with one attached hydrogen (secondary N) is 1. The van der Waals surface area contributed by atoms with Crippen molar-refractivity contribution >= 4 is 28.7 Å². The van der Waals surface area contributed by atoms with E-state index in [0.29, 0.717) is 10.8 Å². The van der Waals surface area contributed by atoms with Gasteiger partial charge in [-0.05, 0) is 44.0 Å². The fraction of sp³-hybridized carbons (Fsp3) is 0.200. The molecule has 1 aromatic carbocycles. The van der Waals surface area contributed by atoms with Crippen LogP contribution in [0.4, 0.5) is 11.5 Å². The molecule has 0 aliphatic heterocycles. The first-order valence-electron chi connectivity index (χ1n) is 6.09. The summed E-state index contributed by atoms with van der Waals surface area (Å²) in [5.41, 5.74) is 10.8. The highest BCUT2D eigenvalue weighted by Gasteiger charge is 2.10. The Bertz CT molecular complexity index is 615. The van der Waals surface area contributed by atoms with Gasteiger partial charge in [-0.3, -0.25) is 0 Å². The molecule has 3 nitrogen and oxygen atoms in total. The van der Waals surface area contributed by atoms with E-state index in [1.54, 1.807) is 0 Å². The molecule has 0 saturated carbocycles. The minimum absolute atomic E-state index is 0.348. The van der Waals surface area contributed by atoms with E-state index in [2.05, 4.69) is 36.3 Å². The lowest BCUT2D eigenvalue weighted by atomic mass is 10.1. The van der Waals surface area contributed by atoms with E-state index in [1.165, 1.54) is 0 Å². The monoisotopic (exact) mass is 271 g/mol. The van der Waals surface area contributed by atoms with Crippen molar-refractivity contribution in [2.24, 2.45) is 5.73 Å². The van der Waals surface area contributed by atoms with Crippen LogP contribution in [0, 0.1) is 20.8 Å². The van der Waals surface area contributed by atoms with Gasteiger partial charge in [0.1, 0.15) is 10.8 Å². The predicted molar refractivity (Wildman–Crippen MR) is 84.1 cm³/mol. The van der Waals surface area contributed by atoms with Gasteiger partial charge in [-0.1, -0.05) is 30.4 Å². The predicted octanol–water partition coefficient (Wildman–Crippen LogP) is 3.38. The summed E-state index contributed by atoms with van der Waals surface area (Å²) in [5.74, 6) is 0.713. The summed E-state index contributed by atoms with van der Waals surface area (Å²) in [6.45, 7) is 6.07. The first kappa shape index (κ1) is 13.5. The average Bonchev–Trinajstić information content (AvgIpc) is 2.33. The van der Waals surface area contributed by atoms with E-state index in [0.717, 1.165) is 28.1 Å². The standard InChI is InChI=1S/C15H17N3S/c1-9-5-4-6-10(2)13(9)18-15-12(14(16)19)8-7-11(3)17-15/h4-8H,1-3H3,(H2,16,19)(H,17,18). The third-order valence-corrected chi connectivity index (χ3v) is 3.24. The lowest BCUT2D eigenvalue weighted by Gasteiger charge is -2.15. The van der Waals surface area contributed by atoms with E-state index >= 15 is 0 Å². The molecule has 3 N–H and O–H groups in total. The van der Waals surface area contributed by atoms with Crippen LogP contribution in [0.5, 0.6) is 0 Å². The molecule has 98 valence electrons. The van der Waals surface area contributed by atoms with Gasteiger partial charge in [0, 0.05) is 11.4 Å².